The van der Waals surface area contributed by atoms with E-state index in [2.05, 4.69) is 17.4 Å². The first-order valence-electron chi connectivity index (χ1n) is 9.56. The molecule has 0 fully saturated rings. The number of oxime groups is 1. The second kappa shape index (κ2) is 32.8. The average molecular weight is 333 g/mol. The molecule has 0 aliphatic heterocycles. The molecule has 0 aromatic heterocycles. The predicted octanol–water partition coefficient (Wildman–Crippen LogP) is 5.95. The van der Waals surface area contributed by atoms with Gasteiger partial charge in [-0.3, -0.25) is 4.79 Å². The van der Waals surface area contributed by atoms with Crippen LogP contribution in [0.2, 0.25) is 0 Å². The minimum atomic E-state index is 0.168. The third-order valence-electron chi connectivity index (χ3n) is 2.24. The number of carbonyl (C=O) groups excluding carboxylic acids is 1. The normalized spacial score (nSPS) is 8.04. The van der Waals surface area contributed by atoms with E-state index in [1.807, 2.05) is 55.4 Å². The molecule has 0 saturated heterocycles. The van der Waals surface area contributed by atoms with Crippen molar-refractivity contribution >= 4 is 11.6 Å². The van der Waals surface area contributed by atoms with Crippen molar-refractivity contribution in [1.82, 2.24) is 5.32 Å². The lowest BCUT2D eigenvalue weighted by atomic mass is 10.2. The highest BCUT2D eigenvalue weighted by molar-refractivity contribution is 5.78. The third kappa shape index (κ3) is 38.7. The summed E-state index contributed by atoms with van der Waals surface area (Å²) in [6.45, 7) is 19.4. The van der Waals surface area contributed by atoms with Crippen molar-refractivity contribution in [2.45, 2.75) is 101 Å². The summed E-state index contributed by atoms with van der Waals surface area (Å²) < 4.78 is 0. The molecule has 0 atom stereocenters. The maximum atomic E-state index is 11.3. The van der Waals surface area contributed by atoms with E-state index in [1.165, 1.54) is 0 Å². The molecule has 0 rings (SSSR count). The molecule has 0 unspecified atom stereocenters. The lowest BCUT2D eigenvalue weighted by Gasteiger charge is -2.04. The lowest BCUT2D eigenvalue weighted by Crippen LogP contribution is -2.23. The molecule has 23 heavy (non-hydrogen) atoms. The Kier molecular flexibility index (Phi) is 42.6. The molecular formula is C19H44N2O2. The monoisotopic (exact) mass is 332 g/mol. The zero-order valence-electron chi connectivity index (χ0n) is 17.4. The molecule has 1 N–H and O–H groups in total. The van der Waals surface area contributed by atoms with Gasteiger partial charge in [0.05, 0.1) is 5.71 Å². The van der Waals surface area contributed by atoms with Crippen molar-refractivity contribution in [3.05, 3.63) is 0 Å². The largest absolute Gasteiger partial charge is 0.396 e. The number of rotatable bonds is 10. The van der Waals surface area contributed by atoms with E-state index < -0.39 is 0 Å². The van der Waals surface area contributed by atoms with E-state index in [0.717, 1.165) is 44.4 Å². The van der Waals surface area contributed by atoms with Crippen molar-refractivity contribution in [3.63, 3.8) is 0 Å². The van der Waals surface area contributed by atoms with Gasteiger partial charge in [-0.2, -0.15) is 0 Å². The summed E-state index contributed by atoms with van der Waals surface area (Å²) in [5, 5.41) is 6.75. The molecule has 4 heteroatoms. The standard InChI is InChI=1S/C13H26N2O2.3C2H6/c1-4-5-10-14-13(16)9-7-6-8-11-17-15-12(2)3;3*1-2/h4-11H2,1-3H3,(H,14,16);3*1-2H3. The number of unbranched alkanes of at least 4 members (excludes halogenated alkanes) is 3. The highest BCUT2D eigenvalue weighted by Crippen LogP contribution is 2.00. The molecule has 0 aliphatic rings. The Morgan fingerprint density at radius 3 is 1.96 bits per heavy atom. The number of amides is 1. The minimum Gasteiger partial charge on any atom is -0.396 e. The topological polar surface area (TPSA) is 50.7 Å². The highest BCUT2D eigenvalue weighted by atomic mass is 16.6. The van der Waals surface area contributed by atoms with Gasteiger partial charge in [0.1, 0.15) is 6.61 Å². The SMILES string of the molecule is CC.CC.CC.CCCCNC(=O)CCCCCON=C(C)C. The van der Waals surface area contributed by atoms with Crippen LogP contribution in [0, 0.1) is 0 Å². The Balaban J connectivity index is -0.000000267. The molecule has 0 aromatic rings. The molecule has 142 valence electrons. The van der Waals surface area contributed by atoms with E-state index in [0.29, 0.717) is 13.0 Å². The van der Waals surface area contributed by atoms with Crippen LogP contribution in [0.1, 0.15) is 101 Å². The maximum Gasteiger partial charge on any atom is 0.219 e. The summed E-state index contributed by atoms with van der Waals surface area (Å²) in [5.41, 5.74) is 0.931. The van der Waals surface area contributed by atoms with Gasteiger partial charge in [0.15, 0.2) is 0 Å². The molecule has 0 saturated carbocycles. The Morgan fingerprint density at radius 1 is 0.913 bits per heavy atom. The van der Waals surface area contributed by atoms with Crippen LogP contribution >= 0.6 is 0 Å². The first-order valence-corrected chi connectivity index (χ1v) is 9.56. The molecule has 0 radical (unpaired) electrons. The first-order chi connectivity index (χ1) is 11.2. The number of hydrogen-bond acceptors (Lipinski definition) is 3. The van der Waals surface area contributed by atoms with Crippen LogP contribution in [0.3, 0.4) is 0 Å². The zero-order chi connectivity index (χ0) is 18.9. The molecule has 0 aromatic carbocycles. The molecule has 0 bridgehead atoms. The lowest BCUT2D eigenvalue weighted by molar-refractivity contribution is -0.121. The van der Waals surface area contributed by atoms with Crippen LogP contribution < -0.4 is 5.32 Å². The Labute approximate surface area is 146 Å². The second-order valence-corrected chi connectivity index (χ2v) is 4.39. The van der Waals surface area contributed by atoms with Gasteiger partial charge in [-0.1, -0.05) is 60.0 Å². The van der Waals surface area contributed by atoms with Gasteiger partial charge in [-0.05, 0) is 39.5 Å². The maximum absolute atomic E-state index is 11.3. The van der Waals surface area contributed by atoms with E-state index in [-0.39, 0.29) is 5.91 Å². The van der Waals surface area contributed by atoms with Crippen molar-refractivity contribution in [3.8, 4) is 0 Å². The van der Waals surface area contributed by atoms with E-state index in [1.54, 1.807) is 0 Å². The fourth-order valence-corrected chi connectivity index (χ4v) is 1.30. The van der Waals surface area contributed by atoms with Crippen molar-refractivity contribution in [1.29, 1.82) is 0 Å². The molecule has 0 spiro atoms. The number of nitrogens with one attached hydrogen (secondary N) is 1. The fourth-order valence-electron chi connectivity index (χ4n) is 1.30. The van der Waals surface area contributed by atoms with Gasteiger partial charge in [-0.25, -0.2) is 0 Å². The molecule has 0 heterocycles. The summed E-state index contributed by atoms with van der Waals surface area (Å²) in [5.74, 6) is 0.168. The summed E-state index contributed by atoms with van der Waals surface area (Å²) in [6.07, 6.45) is 5.71. The minimum absolute atomic E-state index is 0.168. The zero-order valence-corrected chi connectivity index (χ0v) is 17.4. The summed E-state index contributed by atoms with van der Waals surface area (Å²) in [4.78, 5) is 16.4. The predicted molar refractivity (Wildman–Crippen MR) is 105 cm³/mol. The average Bonchev–Trinajstić information content (AvgIpc) is 2.59. The fraction of sp³-hybridized carbons (Fsp3) is 0.895. The number of hydrogen-bond donors (Lipinski definition) is 1. The Morgan fingerprint density at radius 2 is 1.48 bits per heavy atom. The molecule has 1 amide bonds. The quantitative estimate of drug-likeness (QED) is 0.305. The van der Waals surface area contributed by atoms with Crippen LogP contribution in [-0.4, -0.2) is 24.8 Å². The van der Waals surface area contributed by atoms with Crippen LogP contribution in [0.25, 0.3) is 0 Å². The van der Waals surface area contributed by atoms with Gasteiger partial charge < -0.3 is 10.2 Å². The Bertz CT molecular complexity index is 225. The van der Waals surface area contributed by atoms with Gasteiger partial charge in [-0.15, -0.1) is 0 Å². The van der Waals surface area contributed by atoms with Crippen molar-refractivity contribution in [2.24, 2.45) is 5.16 Å². The van der Waals surface area contributed by atoms with Crippen LogP contribution in [-0.2, 0) is 9.63 Å². The molecule has 4 nitrogen and oxygen atoms in total. The van der Waals surface area contributed by atoms with E-state index in [4.69, 9.17) is 4.84 Å². The number of nitrogens with zero attached hydrogens (tertiary/aromatic N) is 1. The second-order valence-electron chi connectivity index (χ2n) is 4.39. The van der Waals surface area contributed by atoms with Crippen molar-refractivity contribution < 1.29 is 9.63 Å². The molecule has 0 aliphatic carbocycles. The highest BCUT2D eigenvalue weighted by Gasteiger charge is 1.99. The third-order valence-corrected chi connectivity index (χ3v) is 2.24. The van der Waals surface area contributed by atoms with Gasteiger partial charge >= 0.3 is 0 Å². The summed E-state index contributed by atoms with van der Waals surface area (Å²) >= 11 is 0. The van der Waals surface area contributed by atoms with E-state index in [9.17, 15) is 4.79 Å². The van der Waals surface area contributed by atoms with Gasteiger partial charge in [0, 0.05) is 13.0 Å². The first kappa shape index (κ1) is 29.9. The summed E-state index contributed by atoms with van der Waals surface area (Å²) in [7, 11) is 0. The van der Waals surface area contributed by atoms with Crippen LogP contribution in [0.4, 0.5) is 0 Å². The Hall–Kier alpha value is -1.06. The van der Waals surface area contributed by atoms with Gasteiger partial charge in [0.2, 0.25) is 5.91 Å². The van der Waals surface area contributed by atoms with Crippen molar-refractivity contribution in [2.75, 3.05) is 13.2 Å². The molecular weight excluding hydrogens is 288 g/mol. The smallest absolute Gasteiger partial charge is 0.219 e. The number of carbonyl (C=O) groups is 1. The van der Waals surface area contributed by atoms with Gasteiger partial charge in [0.25, 0.3) is 0 Å². The van der Waals surface area contributed by atoms with Crippen LogP contribution in [0.5, 0.6) is 0 Å². The van der Waals surface area contributed by atoms with E-state index >= 15 is 0 Å². The summed E-state index contributed by atoms with van der Waals surface area (Å²) in [6, 6.07) is 0. The van der Waals surface area contributed by atoms with Crippen LogP contribution in [0.15, 0.2) is 5.16 Å².